The van der Waals surface area contributed by atoms with E-state index in [0.29, 0.717) is 30.3 Å². The molecule has 4 rings (SSSR count). The number of halogens is 1. The molecule has 3 aromatic rings. The van der Waals surface area contributed by atoms with Gasteiger partial charge in [-0.15, -0.1) is 0 Å². The molecule has 0 saturated heterocycles. The number of hydrogen-bond acceptors (Lipinski definition) is 3. The van der Waals surface area contributed by atoms with Gasteiger partial charge in [-0.2, -0.15) is 4.31 Å². The summed E-state index contributed by atoms with van der Waals surface area (Å²) in [5, 5.41) is 1.73. The van der Waals surface area contributed by atoms with E-state index < -0.39 is 10.0 Å². The molecule has 0 unspecified atom stereocenters. The van der Waals surface area contributed by atoms with Gasteiger partial charge in [0.05, 0.1) is 17.6 Å². The molecule has 0 aliphatic carbocycles. The summed E-state index contributed by atoms with van der Waals surface area (Å²) in [6, 6.07) is 9.28. The molecule has 1 aromatic heterocycles. The average molecular weight is 431 g/mol. The van der Waals surface area contributed by atoms with Gasteiger partial charge in [-0.3, -0.25) is 0 Å². The number of nitrogens with one attached hydrogen (secondary N) is 1. The molecule has 0 radical (unpaired) electrons. The number of aromatic amines is 1. The third-order valence-electron chi connectivity index (χ3n) is 5.58. The second kappa shape index (κ2) is 7.52. The van der Waals surface area contributed by atoms with Crippen molar-refractivity contribution in [1.29, 1.82) is 0 Å². The monoisotopic (exact) mass is 430 g/mol. The zero-order chi connectivity index (χ0) is 20.8. The topological polar surface area (TPSA) is 62.4 Å². The van der Waals surface area contributed by atoms with Crippen LogP contribution in [0.5, 0.6) is 5.75 Å². The predicted octanol–water partition coefficient (Wildman–Crippen LogP) is 4.92. The normalized spacial score (nSPS) is 15.5. The van der Waals surface area contributed by atoms with Gasteiger partial charge < -0.3 is 9.72 Å². The Kier molecular flexibility index (Phi) is 5.19. The van der Waals surface area contributed by atoms with Gasteiger partial charge in [-0.25, -0.2) is 8.42 Å². The van der Waals surface area contributed by atoms with E-state index in [1.54, 1.807) is 12.1 Å². The van der Waals surface area contributed by atoms with E-state index in [0.717, 1.165) is 33.2 Å². The average Bonchev–Trinajstić information content (AvgIpc) is 3.15. The van der Waals surface area contributed by atoms with Gasteiger partial charge >= 0.3 is 0 Å². The van der Waals surface area contributed by atoms with Crippen molar-refractivity contribution in [3.05, 3.63) is 64.3 Å². The number of nitrogens with zero attached hydrogens (tertiary/aromatic N) is 1. The number of H-pyrrole nitrogens is 1. The van der Waals surface area contributed by atoms with Crippen molar-refractivity contribution in [3.63, 3.8) is 0 Å². The van der Waals surface area contributed by atoms with Crippen LogP contribution in [-0.2, 0) is 10.0 Å². The van der Waals surface area contributed by atoms with E-state index in [2.05, 4.69) is 4.98 Å². The molecule has 152 valence electrons. The molecule has 1 aliphatic rings. The number of aromatic nitrogens is 1. The Morgan fingerprint density at radius 3 is 2.62 bits per heavy atom. The van der Waals surface area contributed by atoms with Crippen molar-refractivity contribution < 1.29 is 13.2 Å². The van der Waals surface area contributed by atoms with E-state index in [-0.39, 0.29) is 4.90 Å². The summed E-state index contributed by atoms with van der Waals surface area (Å²) in [6.45, 7) is 4.58. The summed E-state index contributed by atoms with van der Waals surface area (Å²) in [5.74, 6) is 0.383. The van der Waals surface area contributed by atoms with Gasteiger partial charge in [0.2, 0.25) is 10.0 Å². The van der Waals surface area contributed by atoms with E-state index in [1.807, 2.05) is 44.3 Å². The highest BCUT2D eigenvalue weighted by Crippen LogP contribution is 2.35. The Balaban J connectivity index is 1.66. The summed E-state index contributed by atoms with van der Waals surface area (Å²) in [5.41, 5.74) is 5.02. The molecule has 0 amide bonds. The van der Waals surface area contributed by atoms with Crippen LogP contribution in [0.25, 0.3) is 16.5 Å². The molecule has 2 heterocycles. The Morgan fingerprint density at radius 2 is 1.93 bits per heavy atom. The lowest BCUT2D eigenvalue weighted by molar-refractivity contribution is 0.394. The molecular formula is C22H23ClN2O3S. The minimum atomic E-state index is -3.65. The maximum atomic E-state index is 13.3. The predicted molar refractivity (Wildman–Crippen MR) is 117 cm³/mol. The van der Waals surface area contributed by atoms with Crippen LogP contribution in [0.4, 0.5) is 0 Å². The van der Waals surface area contributed by atoms with E-state index in [4.69, 9.17) is 16.3 Å². The van der Waals surface area contributed by atoms with E-state index in [1.165, 1.54) is 11.4 Å². The number of rotatable bonds is 4. The van der Waals surface area contributed by atoms with Crippen LogP contribution >= 0.6 is 11.6 Å². The number of methoxy groups -OCH3 is 1. The SMILES string of the molecule is COc1cc(C)c(C)cc1S(=O)(=O)N1CC=C(c2c[nH]c3c(Cl)cccc23)CC1. The first-order valence-electron chi connectivity index (χ1n) is 9.43. The summed E-state index contributed by atoms with van der Waals surface area (Å²) in [6.07, 6.45) is 4.56. The summed E-state index contributed by atoms with van der Waals surface area (Å²) in [7, 11) is -2.15. The minimum Gasteiger partial charge on any atom is -0.495 e. The Morgan fingerprint density at radius 1 is 1.17 bits per heavy atom. The van der Waals surface area contributed by atoms with Crippen molar-refractivity contribution in [2.24, 2.45) is 0 Å². The fourth-order valence-electron chi connectivity index (χ4n) is 3.76. The molecule has 2 aromatic carbocycles. The Bertz CT molecular complexity index is 1230. The quantitative estimate of drug-likeness (QED) is 0.638. The van der Waals surface area contributed by atoms with E-state index >= 15 is 0 Å². The standard InChI is InChI=1S/C22H23ClN2O3S/c1-14-11-20(28-3)21(12-15(14)2)29(26,27)25-9-7-16(8-10-25)18-13-24-22-17(18)5-4-6-19(22)23/h4-7,11-13,24H,8-10H2,1-3H3. The third-order valence-corrected chi connectivity index (χ3v) is 7.78. The van der Waals surface area contributed by atoms with Crippen molar-refractivity contribution >= 4 is 38.1 Å². The number of hydrogen-bond donors (Lipinski definition) is 1. The Labute approximate surface area is 176 Å². The van der Waals surface area contributed by atoms with Crippen molar-refractivity contribution in [1.82, 2.24) is 9.29 Å². The molecule has 1 N–H and O–H groups in total. The lowest BCUT2D eigenvalue weighted by atomic mass is 10.00. The van der Waals surface area contributed by atoms with Crippen LogP contribution in [0.3, 0.4) is 0 Å². The highest BCUT2D eigenvalue weighted by molar-refractivity contribution is 7.89. The van der Waals surface area contributed by atoms with Crippen molar-refractivity contribution in [3.8, 4) is 5.75 Å². The Hall–Kier alpha value is -2.28. The lowest BCUT2D eigenvalue weighted by Crippen LogP contribution is -2.35. The van der Waals surface area contributed by atoms with Crippen LogP contribution in [0.1, 0.15) is 23.1 Å². The molecule has 0 fully saturated rings. The fourth-order valence-corrected chi connectivity index (χ4v) is 5.59. The largest absolute Gasteiger partial charge is 0.495 e. The lowest BCUT2D eigenvalue weighted by Gasteiger charge is -2.27. The molecule has 7 heteroatoms. The van der Waals surface area contributed by atoms with Gasteiger partial charge in [-0.1, -0.05) is 29.8 Å². The van der Waals surface area contributed by atoms with Crippen LogP contribution < -0.4 is 4.74 Å². The number of fused-ring (bicyclic) bond motifs is 1. The molecule has 0 saturated carbocycles. The molecule has 5 nitrogen and oxygen atoms in total. The number of para-hydroxylation sites is 1. The van der Waals surface area contributed by atoms with E-state index in [9.17, 15) is 8.42 Å². The number of sulfonamides is 1. The van der Waals surface area contributed by atoms with Crippen molar-refractivity contribution in [2.45, 2.75) is 25.2 Å². The first kappa shape index (κ1) is 20.0. The van der Waals surface area contributed by atoms with Crippen LogP contribution in [-0.4, -0.2) is 37.9 Å². The maximum absolute atomic E-state index is 13.3. The van der Waals surface area contributed by atoms with Gasteiger partial charge in [0.25, 0.3) is 0 Å². The van der Waals surface area contributed by atoms with Gasteiger partial charge in [0, 0.05) is 30.2 Å². The molecular weight excluding hydrogens is 408 g/mol. The third kappa shape index (κ3) is 3.45. The van der Waals surface area contributed by atoms with Crippen molar-refractivity contribution in [2.75, 3.05) is 20.2 Å². The zero-order valence-electron chi connectivity index (χ0n) is 16.6. The molecule has 1 aliphatic heterocycles. The number of benzene rings is 2. The zero-order valence-corrected chi connectivity index (χ0v) is 18.2. The first-order valence-corrected chi connectivity index (χ1v) is 11.2. The number of ether oxygens (including phenoxy) is 1. The second-order valence-corrected chi connectivity index (χ2v) is 9.61. The highest BCUT2D eigenvalue weighted by Gasteiger charge is 2.30. The highest BCUT2D eigenvalue weighted by atomic mass is 35.5. The fraction of sp³-hybridized carbons (Fsp3) is 0.273. The molecule has 0 spiro atoms. The molecule has 0 bridgehead atoms. The summed E-state index contributed by atoms with van der Waals surface area (Å²) in [4.78, 5) is 3.45. The smallest absolute Gasteiger partial charge is 0.247 e. The summed E-state index contributed by atoms with van der Waals surface area (Å²) < 4.78 is 33.4. The van der Waals surface area contributed by atoms with Gasteiger partial charge in [-0.05, 0) is 55.2 Å². The van der Waals surface area contributed by atoms with Crippen LogP contribution in [0, 0.1) is 13.8 Å². The summed E-state index contributed by atoms with van der Waals surface area (Å²) >= 11 is 6.26. The number of aryl methyl sites for hydroxylation is 2. The van der Waals surface area contributed by atoms with Crippen LogP contribution in [0.2, 0.25) is 5.02 Å². The first-order chi connectivity index (χ1) is 13.8. The van der Waals surface area contributed by atoms with Gasteiger partial charge in [0.1, 0.15) is 10.6 Å². The van der Waals surface area contributed by atoms with Gasteiger partial charge in [0.15, 0.2) is 0 Å². The molecule has 0 atom stereocenters. The maximum Gasteiger partial charge on any atom is 0.247 e. The minimum absolute atomic E-state index is 0.221. The van der Waals surface area contributed by atoms with Crippen LogP contribution in [0.15, 0.2) is 47.5 Å². The second-order valence-electron chi connectivity index (χ2n) is 7.29. The molecule has 29 heavy (non-hydrogen) atoms.